The van der Waals surface area contributed by atoms with Crippen LogP contribution in [0, 0.1) is 0 Å². The molecule has 1 atom stereocenters. The molecule has 0 unspecified atom stereocenters. The van der Waals surface area contributed by atoms with Gasteiger partial charge in [-0.25, -0.2) is 26.4 Å². The molecular formula is C16H17NO6S2. The summed E-state index contributed by atoms with van der Waals surface area (Å²) in [4.78, 5) is 10.9. The third kappa shape index (κ3) is 4.65. The lowest BCUT2D eigenvalue weighted by Crippen LogP contribution is -2.27. The van der Waals surface area contributed by atoms with E-state index in [4.69, 9.17) is 5.11 Å². The molecule has 0 fully saturated rings. The smallest absolute Gasteiger partial charge is 0.335 e. The predicted molar refractivity (Wildman–Crippen MR) is 91.7 cm³/mol. The Kier molecular flexibility index (Phi) is 5.31. The molecule has 0 aliphatic heterocycles. The second-order valence-electron chi connectivity index (χ2n) is 5.51. The number of sulfone groups is 1. The molecule has 2 N–H and O–H groups in total. The number of carboxylic acids is 1. The zero-order valence-electron chi connectivity index (χ0n) is 13.5. The van der Waals surface area contributed by atoms with E-state index >= 15 is 0 Å². The Labute approximate surface area is 146 Å². The molecule has 134 valence electrons. The number of sulfonamides is 1. The van der Waals surface area contributed by atoms with Crippen LogP contribution in [0.15, 0.2) is 58.3 Å². The van der Waals surface area contributed by atoms with Crippen molar-refractivity contribution in [1.29, 1.82) is 0 Å². The highest BCUT2D eigenvalue weighted by Crippen LogP contribution is 2.19. The lowest BCUT2D eigenvalue weighted by atomic mass is 10.1. The van der Waals surface area contributed by atoms with Crippen LogP contribution in [0.2, 0.25) is 0 Å². The van der Waals surface area contributed by atoms with Crippen LogP contribution >= 0.6 is 0 Å². The highest BCUT2D eigenvalue weighted by molar-refractivity contribution is 7.90. The van der Waals surface area contributed by atoms with E-state index in [0.29, 0.717) is 5.56 Å². The fourth-order valence-electron chi connectivity index (χ4n) is 2.15. The molecular weight excluding hydrogens is 366 g/mol. The van der Waals surface area contributed by atoms with E-state index in [1.165, 1.54) is 48.5 Å². The Morgan fingerprint density at radius 1 is 0.920 bits per heavy atom. The van der Waals surface area contributed by atoms with Gasteiger partial charge in [-0.1, -0.05) is 12.1 Å². The molecule has 0 spiro atoms. The van der Waals surface area contributed by atoms with Crippen LogP contribution in [0.5, 0.6) is 0 Å². The Bertz CT molecular complexity index is 978. The summed E-state index contributed by atoms with van der Waals surface area (Å²) in [6, 6.07) is 10.2. The van der Waals surface area contributed by atoms with Crippen LogP contribution in [0.4, 0.5) is 0 Å². The Morgan fingerprint density at radius 2 is 1.40 bits per heavy atom. The van der Waals surface area contributed by atoms with Crippen LogP contribution in [0.3, 0.4) is 0 Å². The van der Waals surface area contributed by atoms with Crippen LogP contribution in [-0.2, 0) is 19.9 Å². The van der Waals surface area contributed by atoms with Gasteiger partial charge in [-0.15, -0.1) is 0 Å². The maximum absolute atomic E-state index is 12.4. The average molecular weight is 383 g/mol. The molecule has 0 amide bonds. The van der Waals surface area contributed by atoms with Crippen molar-refractivity contribution in [2.24, 2.45) is 0 Å². The van der Waals surface area contributed by atoms with Gasteiger partial charge in [0.05, 0.1) is 15.4 Å². The van der Waals surface area contributed by atoms with E-state index in [1.54, 1.807) is 6.92 Å². The SMILES string of the molecule is C[C@H](NS(=O)(=O)c1ccc(C(=O)O)cc1)c1ccc(S(C)(=O)=O)cc1. The predicted octanol–water partition coefficient (Wildman–Crippen LogP) is 1.83. The number of benzene rings is 2. The van der Waals surface area contributed by atoms with Crippen molar-refractivity contribution in [3.8, 4) is 0 Å². The molecule has 25 heavy (non-hydrogen) atoms. The standard InChI is InChI=1S/C16H17NO6S2/c1-11(12-3-7-14(8-4-12)24(2,20)21)17-25(22,23)15-9-5-13(6-10-15)16(18)19/h3-11,17H,1-2H3,(H,18,19)/t11-/m0/s1. The molecule has 0 heterocycles. The Balaban J connectivity index is 2.20. The Hall–Kier alpha value is -2.23. The highest BCUT2D eigenvalue weighted by Gasteiger charge is 2.19. The first-order valence-corrected chi connectivity index (χ1v) is 10.5. The minimum atomic E-state index is -3.85. The van der Waals surface area contributed by atoms with Gasteiger partial charge in [-0.3, -0.25) is 0 Å². The summed E-state index contributed by atoms with van der Waals surface area (Å²) in [6.45, 7) is 1.62. The largest absolute Gasteiger partial charge is 0.478 e. The average Bonchev–Trinajstić information content (AvgIpc) is 2.54. The van der Waals surface area contributed by atoms with Crippen LogP contribution in [0.25, 0.3) is 0 Å². The second kappa shape index (κ2) is 6.95. The van der Waals surface area contributed by atoms with Crippen molar-refractivity contribution < 1.29 is 26.7 Å². The van der Waals surface area contributed by atoms with Crippen molar-refractivity contribution in [3.63, 3.8) is 0 Å². The molecule has 2 rings (SSSR count). The van der Waals surface area contributed by atoms with Crippen LogP contribution in [-0.4, -0.2) is 34.2 Å². The van der Waals surface area contributed by atoms with Gasteiger partial charge in [0.15, 0.2) is 9.84 Å². The van der Waals surface area contributed by atoms with Gasteiger partial charge >= 0.3 is 5.97 Å². The number of hydrogen-bond donors (Lipinski definition) is 2. The molecule has 0 saturated carbocycles. The van der Waals surface area contributed by atoms with Crippen LogP contribution < -0.4 is 4.72 Å². The fourth-order valence-corrected chi connectivity index (χ4v) is 4.01. The number of carbonyl (C=O) groups is 1. The molecule has 2 aromatic carbocycles. The zero-order chi connectivity index (χ0) is 18.8. The summed E-state index contributed by atoms with van der Waals surface area (Å²) >= 11 is 0. The van der Waals surface area contributed by atoms with Crippen molar-refractivity contribution in [3.05, 3.63) is 59.7 Å². The normalized spacial score (nSPS) is 13.4. The van der Waals surface area contributed by atoms with Crippen molar-refractivity contribution >= 4 is 25.8 Å². The number of aromatic carboxylic acids is 1. The highest BCUT2D eigenvalue weighted by atomic mass is 32.2. The summed E-state index contributed by atoms with van der Waals surface area (Å²) in [7, 11) is -7.17. The summed E-state index contributed by atoms with van der Waals surface area (Å²) in [5, 5.41) is 8.84. The molecule has 0 radical (unpaired) electrons. The first-order valence-electron chi connectivity index (χ1n) is 7.16. The van der Waals surface area contributed by atoms with Gasteiger partial charge in [0.25, 0.3) is 0 Å². The van der Waals surface area contributed by atoms with Gasteiger partial charge in [-0.05, 0) is 48.9 Å². The minimum absolute atomic E-state index is 0.0108. The monoisotopic (exact) mass is 383 g/mol. The number of nitrogens with one attached hydrogen (secondary N) is 1. The maximum Gasteiger partial charge on any atom is 0.335 e. The third-order valence-corrected chi connectivity index (χ3v) is 6.24. The lowest BCUT2D eigenvalue weighted by molar-refractivity contribution is 0.0696. The van der Waals surface area contributed by atoms with Crippen molar-refractivity contribution in [2.75, 3.05) is 6.26 Å². The topological polar surface area (TPSA) is 118 Å². The van der Waals surface area contributed by atoms with E-state index in [2.05, 4.69) is 4.72 Å². The van der Waals surface area contributed by atoms with Gasteiger partial charge in [0.2, 0.25) is 10.0 Å². The maximum atomic E-state index is 12.4. The first-order chi connectivity index (χ1) is 11.5. The van der Waals surface area contributed by atoms with Crippen molar-refractivity contribution in [2.45, 2.75) is 22.8 Å². The molecule has 0 aromatic heterocycles. The molecule has 9 heteroatoms. The summed E-state index contributed by atoms with van der Waals surface area (Å²) < 4.78 is 50.1. The van der Waals surface area contributed by atoms with E-state index in [-0.39, 0.29) is 15.4 Å². The van der Waals surface area contributed by atoms with Gasteiger partial charge in [0.1, 0.15) is 0 Å². The van der Waals surface area contributed by atoms with E-state index < -0.39 is 31.9 Å². The summed E-state index contributed by atoms with van der Waals surface area (Å²) in [6.07, 6.45) is 1.09. The minimum Gasteiger partial charge on any atom is -0.478 e. The fraction of sp³-hybridized carbons (Fsp3) is 0.188. The van der Waals surface area contributed by atoms with Gasteiger partial charge in [0, 0.05) is 12.3 Å². The number of carboxylic acid groups (broad SMARTS) is 1. The first kappa shape index (κ1) is 19.1. The molecule has 0 saturated heterocycles. The molecule has 0 aliphatic rings. The van der Waals surface area contributed by atoms with E-state index in [1.807, 2.05) is 0 Å². The summed E-state index contributed by atoms with van der Waals surface area (Å²) in [5.74, 6) is -1.14. The quantitative estimate of drug-likeness (QED) is 0.786. The number of rotatable bonds is 6. The second-order valence-corrected chi connectivity index (χ2v) is 9.24. The third-order valence-electron chi connectivity index (χ3n) is 3.55. The zero-order valence-corrected chi connectivity index (χ0v) is 15.1. The molecule has 2 aromatic rings. The molecule has 7 nitrogen and oxygen atoms in total. The summed E-state index contributed by atoms with van der Waals surface area (Å²) in [5.41, 5.74) is 0.585. The van der Waals surface area contributed by atoms with Crippen molar-refractivity contribution in [1.82, 2.24) is 4.72 Å². The lowest BCUT2D eigenvalue weighted by Gasteiger charge is -2.15. The Morgan fingerprint density at radius 3 is 1.84 bits per heavy atom. The van der Waals surface area contributed by atoms with E-state index in [0.717, 1.165) is 6.26 Å². The van der Waals surface area contributed by atoms with Gasteiger partial charge < -0.3 is 5.11 Å². The van der Waals surface area contributed by atoms with E-state index in [9.17, 15) is 21.6 Å². The number of hydrogen-bond acceptors (Lipinski definition) is 5. The molecule has 0 bridgehead atoms. The molecule has 0 aliphatic carbocycles. The van der Waals surface area contributed by atoms with Gasteiger partial charge in [-0.2, -0.15) is 0 Å². The van der Waals surface area contributed by atoms with Crippen LogP contribution in [0.1, 0.15) is 28.9 Å².